The van der Waals surface area contributed by atoms with E-state index in [4.69, 9.17) is 4.42 Å². The Bertz CT molecular complexity index is 945. The number of nitrogens with zero attached hydrogens (tertiary/aromatic N) is 3. The number of rotatable bonds is 6. The lowest BCUT2D eigenvalue weighted by Crippen LogP contribution is -2.14. The smallest absolute Gasteiger partial charge is 0.277 e. The van der Waals surface area contributed by atoms with Crippen LogP contribution in [0.25, 0.3) is 11.5 Å². The molecular weight excluding hydrogens is 363 g/mol. The van der Waals surface area contributed by atoms with E-state index in [2.05, 4.69) is 15.5 Å². The van der Waals surface area contributed by atoms with E-state index in [1.54, 1.807) is 6.07 Å². The van der Waals surface area contributed by atoms with Gasteiger partial charge in [0, 0.05) is 23.4 Å². The largest absolute Gasteiger partial charge is 0.411 e. The molecule has 10 heteroatoms. The molecule has 8 nitrogen and oxygen atoms in total. The van der Waals surface area contributed by atoms with Gasteiger partial charge >= 0.3 is 0 Å². The fourth-order valence-corrected chi connectivity index (χ4v) is 2.56. The van der Waals surface area contributed by atoms with Gasteiger partial charge in [0.05, 0.1) is 10.7 Å². The number of nitrogens with one attached hydrogen (secondary N) is 1. The maximum absolute atomic E-state index is 13.1. The SMILES string of the molecule is O=C(CSc1nnc(-c2ccc([N+](=O)[O-])cc2)o1)Nc1cccc(F)c1. The summed E-state index contributed by atoms with van der Waals surface area (Å²) in [5.41, 5.74) is 0.837. The van der Waals surface area contributed by atoms with Crippen molar-refractivity contribution < 1.29 is 18.5 Å². The van der Waals surface area contributed by atoms with Crippen LogP contribution in [0.1, 0.15) is 0 Å². The molecule has 3 aromatic rings. The van der Waals surface area contributed by atoms with Crippen LogP contribution in [0.2, 0.25) is 0 Å². The van der Waals surface area contributed by atoms with Gasteiger partial charge in [0.15, 0.2) is 0 Å². The fraction of sp³-hybridized carbons (Fsp3) is 0.0625. The molecule has 0 saturated carbocycles. The van der Waals surface area contributed by atoms with Gasteiger partial charge in [-0.1, -0.05) is 17.8 Å². The molecule has 2 aromatic carbocycles. The van der Waals surface area contributed by atoms with Crippen molar-refractivity contribution in [1.82, 2.24) is 10.2 Å². The molecule has 0 aliphatic rings. The minimum absolute atomic E-state index is 0.00158. The van der Waals surface area contributed by atoms with Crippen LogP contribution in [-0.4, -0.2) is 26.8 Å². The highest BCUT2D eigenvalue weighted by atomic mass is 32.2. The summed E-state index contributed by atoms with van der Waals surface area (Å²) in [6.45, 7) is 0. The molecule has 0 atom stereocenters. The summed E-state index contributed by atoms with van der Waals surface area (Å²) in [5.74, 6) is -0.609. The minimum Gasteiger partial charge on any atom is -0.411 e. The van der Waals surface area contributed by atoms with Gasteiger partial charge in [-0.25, -0.2) is 4.39 Å². The molecule has 1 aromatic heterocycles. The number of carbonyl (C=O) groups is 1. The molecule has 0 saturated heterocycles. The Labute approximate surface area is 150 Å². The van der Waals surface area contributed by atoms with Gasteiger partial charge in [0.2, 0.25) is 11.8 Å². The second kappa shape index (κ2) is 7.74. The molecule has 3 rings (SSSR count). The summed E-state index contributed by atoms with van der Waals surface area (Å²) in [5, 5.41) is 21.0. The fourth-order valence-electron chi connectivity index (χ4n) is 2.00. The summed E-state index contributed by atoms with van der Waals surface area (Å²) < 4.78 is 18.5. The normalized spacial score (nSPS) is 10.5. The molecular formula is C16H11FN4O4S. The van der Waals surface area contributed by atoms with Crippen molar-refractivity contribution in [2.45, 2.75) is 5.22 Å². The van der Waals surface area contributed by atoms with Crippen molar-refractivity contribution in [2.24, 2.45) is 0 Å². The van der Waals surface area contributed by atoms with Crippen molar-refractivity contribution >= 4 is 29.0 Å². The van der Waals surface area contributed by atoms with Crippen LogP contribution in [0.3, 0.4) is 0 Å². The van der Waals surface area contributed by atoms with Crippen molar-refractivity contribution in [3.8, 4) is 11.5 Å². The van der Waals surface area contributed by atoms with E-state index in [1.807, 2.05) is 0 Å². The number of thioether (sulfide) groups is 1. The first kappa shape index (κ1) is 17.5. The average Bonchev–Trinajstić information content (AvgIpc) is 3.09. The number of anilines is 1. The topological polar surface area (TPSA) is 111 Å². The van der Waals surface area contributed by atoms with Crippen molar-refractivity contribution in [2.75, 3.05) is 11.1 Å². The van der Waals surface area contributed by atoms with Crippen LogP contribution in [0.5, 0.6) is 0 Å². The molecule has 0 fully saturated rings. The van der Waals surface area contributed by atoms with Crippen LogP contribution in [0, 0.1) is 15.9 Å². The molecule has 132 valence electrons. The highest BCUT2D eigenvalue weighted by Crippen LogP contribution is 2.25. The van der Waals surface area contributed by atoms with Crippen LogP contribution < -0.4 is 5.32 Å². The van der Waals surface area contributed by atoms with E-state index >= 15 is 0 Å². The summed E-state index contributed by atoms with van der Waals surface area (Å²) >= 11 is 1.02. The van der Waals surface area contributed by atoms with Gasteiger partial charge in [-0.15, -0.1) is 10.2 Å². The summed E-state index contributed by atoms with van der Waals surface area (Å²) in [4.78, 5) is 22.0. The van der Waals surface area contributed by atoms with Gasteiger partial charge in [-0.3, -0.25) is 14.9 Å². The van der Waals surface area contributed by atoms with Crippen molar-refractivity contribution in [3.05, 3.63) is 64.5 Å². The van der Waals surface area contributed by atoms with Crippen LogP contribution >= 0.6 is 11.8 Å². The van der Waals surface area contributed by atoms with Crippen LogP contribution in [0.15, 0.2) is 58.2 Å². The standard InChI is InChI=1S/C16H11FN4O4S/c17-11-2-1-3-12(8-11)18-14(22)9-26-16-20-19-15(25-16)10-4-6-13(7-5-10)21(23)24/h1-8H,9H2,(H,18,22). The number of amides is 1. The minimum atomic E-state index is -0.504. The Morgan fingerprint density at radius 2 is 2.00 bits per heavy atom. The van der Waals surface area contributed by atoms with E-state index in [9.17, 15) is 19.3 Å². The number of non-ortho nitro benzene ring substituents is 1. The molecule has 0 spiro atoms. The van der Waals surface area contributed by atoms with Crippen molar-refractivity contribution in [1.29, 1.82) is 0 Å². The zero-order valence-corrected chi connectivity index (χ0v) is 13.9. The maximum Gasteiger partial charge on any atom is 0.277 e. The van der Waals surface area contributed by atoms with Crippen molar-refractivity contribution in [3.63, 3.8) is 0 Å². The molecule has 1 N–H and O–H groups in total. The number of halogens is 1. The molecule has 0 aliphatic carbocycles. The summed E-state index contributed by atoms with van der Waals surface area (Å²) in [7, 11) is 0. The monoisotopic (exact) mass is 374 g/mol. The zero-order valence-electron chi connectivity index (χ0n) is 13.1. The van der Waals surface area contributed by atoms with E-state index in [0.29, 0.717) is 11.3 Å². The van der Waals surface area contributed by atoms with Gasteiger partial charge in [-0.2, -0.15) is 0 Å². The number of nitro groups is 1. The molecule has 0 bridgehead atoms. The lowest BCUT2D eigenvalue weighted by atomic mass is 10.2. The highest BCUT2D eigenvalue weighted by Gasteiger charge is 2.13. The Balaban J connectivity index is 1.58. The first-order valence-corrected chi connectivity index (χ1v) is 8.26. The average molecular weight is 374 g/mol. The number of hydrogen-bond acceptors (Lipinski definition) is 7. The zero-order chi connectivity index (χ0) is 18.5. The number of aromatic nitrogens is 2. The molecule has 0 radical (unpaired) electrons. The van der Waals surface area contributed by atoms with Gasteiger partial charge < -0.3 is 9.73 Å². The van der Waals surface area contributed by atoms with E-state index in [1.165, 1.54) is 42.5 Å². The quantitative estimate of drug-likeness (QED) is 0.399. The Morgan fingerprint density at radius 3 is 2.69 bits per heavy atom. The number of benzene rings is 2. The second-order valence-corrected chi connectivity index (χ2v) is 5.95. The Hall–Kier alpha value is -3.27. The molecule has 1 heterocycles. The number of nitro benzene ring substituents is 1. The third-order valence-corrected chi connectivity index (χ3v) is 3.99. The lowest BCUT2D eigenvalue weighted by molar-refractivity contribution is -0.384. The maximum atomic E-state index is 13.1. The van der Waals surface area contributed by atoms with Gasteiger partial charge in [0.25, 0.3) is 10.9 Å². The first-order chi connectivity index (χ1) is 12.5. The Morgan fingerprint density at radius 1 is 1.23 bits per heavy atom. The summed E-state index contributed by atoms with van der Waals surface area (Å²) in [6, 6.07) is 11.2. The molecule has 1 amide bonds. The highest BCUT2D eigenvalue weighted by molar-refractivity contribution is 7.99. The Kier molecular flexibility index (Phi) is 5.23. The second-order valence-electron chi connectivity index (χ2n) is 5.02. The first-order valence-electron chi connectivity index (χ1n) is 7.28. The molecule has 26 heavy (non-hydrogen) atoms. The molecule has 0 aliphatic heterocycles. The third kappa shape index (κ3) is 4.42. The van der Waals surface area contributed by atoms with Gasteiger partial charge in [-0.05, 0) is 30.3 Å². The van der Waals surface area contributed by atoms with E-state index in [-0.39, 0.29) is 28.5 Å². The lowest BCUT2D eigenvalue weighted by Gasteiger charge is -2.03. The van der Waals surface area contributed by atoms with Gasteiger partial charge in [0.1, 0.15) is 5.82 Å². The predicted octanol–water partition coefficient (Wildman–Crippen LogP) is 3.51. The van der Waals surface area contributed by atoms with E-state index in [0.717, 1.165) is 11.8 Å². The van der Waals surface area contributed by atoms with E-state index < -0.39 is 10.7 Å². The number of carbonyl (C=O) groups excluding carboxylic acids is 1. The van der Waals surface area contributed by atoms with Crippen LogP contribution in [0.4, 0.5) is 15.8 Å². The number of hydrogen-bond donors (Lipinski definition) is 1. The third-order valence-electron chi connectivity index (χ3n) is 3.17. The summed E-state index contributed by atoms with van der Waals surface area (Å²) in [6.07, 6.45) is 0. The predicted molar refractivity (Wildman–Crippen MR) is 92.1 cm³/mol. The van der Waals surface area contributed by atoms with Crippen LogP contribution in [-0.2, 0) is 4.79 Å². The molecule has 0 unspecified atom stereocenters.